The van der Waals surface area contributed by atoms with E-state index < -0.39 is 16.1 Å². The lowest BCUT2D eigenvalue weighted by atomic mass is 9.76. The summed E-state index contributed by atoms with van der Waals surface area (Å²) in [6.45, 7) is 0. The number of hydrogen-bond acceptors (Lipinski definition) is 5. The number of primary sulfonamides is 1. The second-order valence-corrected chi connectivity index (χ2v) is 7.34. The smallest absolute Gasteiger partial charge is 0.306 e. The number of carbonyl (C=O) groups excluding carboxylic acids is 1. The number of nitrogens with two attached hydrogens (primary N) is 1. The van der Waals surface area contributed by atoms with Crippen molar-refractivity contribution in [3.63, 3.8) is 0 Å². The van der Waals surface area contributed by atoms with E-state index >= 15 is 0 Å². The first-order valence-electron chi connectivity index (χ1n) is 5.19. The number of hydrogen-bond donors (Lipinski definition) is 1. The van der Waals surface area contributed by atoms with Crippen LogP contribution in [0.15, 0.2) is 0 Å². The molecule has 0 saturated carbocycles. The van der Waals surface area contributed by atoms with Gasteiger partial charge in [-0.3, -0.25) is 4.79 Å². The Hall–Kier alpha value is -0.270. The van der Waals surface area contributed by atoms with Crippen molar-refractivity contribution in [2.75, 3.05) is 17.3 Å². The van der Waals surface area contributed by atoms with Crippen molar-refractivity contribution in [1.29, 1.82) is 0 Å². The Balaban J connectivity index is 2.18. The second kappa shape index (κ2) is 4.19. The van der Waals surface area contributed by atoms with Gasteiger partial charge in [-0.25, -0.2) is 13.6 Å². The summed E-state index contributed by atoms with van der Waals surface area (Å²) in [7, 11) is -3.59. The number of cyclic esters (lactones) is 1. The highest BCUT2D eigenvalue weighted by Gasteiger charge is 2.50. The largest absolute Gasteiger partial charge is 0.461 e. The van der Waals surface area contributed by atoms with Crippen molar-refractivity contribution in [2.24, 2.45) is 10.6 Å². The lowest BCUT2D eigenvalue weighted by molar-refractivity contribution is -0.140. The number of sulfonamides is 1. The summed E-state index contributed by atoms with van der Waals surface area (Å²) in [6.07, 6.45) is 1.47. The summed E-state index contributed by atoms with van der Waals surface area (Å²) in [4.78, 5) is 11.3. The number of carbonyl (C=O) groups is 1. The molecular weight excluding hydrogens is 250 g/mol. The first-order valence-corrected chi connectivity index (χ1v) is 8.06. The molecule has 0 aromatic carbocycles. The van der Waals surface area contributed by atoms with E-state index in [1.54, 1.807) is 0 Å². The summed E-state index contributed by atoms with van der Waals surface area (Å²) in [6, 6.07) is 0. The normalized spacial score (nSPS) is 29.3. The summed E-state index contributed by atoms with van der Waals surface area (Å²) < 4.78 is 27.3. The molecular formula is C9H15NO4S2. The standard InChI is InChI=1S/C9H15NO4S2/c10-16(12,13)6-7-9(5-8(11)14-7)1-3-15-4-2-9/h7H,1-6H2,(H2,10,12,13). The first kappa shape index (κ1) is 12.2. The van der Waals surface area contributed by atoms with Gasteiger partial charge in [0.1, 0.15) is 11.9 Å². The molecule has 2 heterocycles. The van der Waals surface area contributed by atoms with Crippen molar-refractivity contribution < 1.29 is 17.9 Å². The summed E-state index contributed by atoms with van der Waals surface area (Å²) in [5.41, 5.74) is -0.283. The quantitative estimate of drug-likeness (QED) is 0.716. The third-order valence-corrected chi connectivity index (χ3v) is 5.08. The van der Waals surface area contributed by atoms with Gasteiger partial charge in [-0.2, -0.15) is 11.8 Å². The van der Waals surface area contributed by atoms with Crippen molar-refractivity contribution in [3.8, 4) is 0 Å². The van der Waals surface area contributed by atoms with Crippen LogP contribution in [-0.2, 0) is 19.6 Å². The highest BCUT2D eigenvalue weighted by atomic mass is 32.2. The first-order chi connectivity index (χ1) is 7.41. The third-order valence-electron chi connectivity index (χ3n) is 3.33. The fourth-order valence-corrected chi connectivity index (χ4v) is 4.57. The molecule has 0 amide bonds. The molecule has 1 spiro atoms. The molecule has 0 bridgehead atoms. The molecule has 2 rings (SSSR count). The molecule has 1 unspecified atom stereocenters. The zero-order chi connectivity index (χ0) is 11.8. The van der Waals surface area contributed by atoms with Gasteiger partial charge in [-0.05, 0) is 24.3 Å². The lowest BCUT2D eigenvalue weighted by Gasteiger charge is -2.35. The van der Waals surface area contributed by atoms with E-state index in [-0.39, 0.29) is 17.1 Å². The monoisotopic (exact) mass is 265 g/mol. The third kappa shape index (κ3) is 2.52. The van der Waals surface area contributed by atoms with Crippen LogP contribution in [0.3, 0.4) is 0 Å². The SMILES string of the molecule is NS(=O)(=O)CC1OC(=O)CC12CCSCC2. The van der Waals surface area contributed by atoms with Crippen LogP contribution in [0.5, 0.6) is 0 Å². The average molecular weight is 265 g/mol. The van der Waals surface area contributed by atoms with Gasteiger partial charge < -0.3 is 4.74 Å². The molecule has 92 valence electrons. The minimum Gasteiger partial charge on any atom is -0.461 e. The Morgan fingerprint density at radius 3 is 2.62 bits per heavy atom. The van der Waals surface area contributed by atoms with Crippen molar-refractivity contribution in [3.05, 3.63) is 0 Å². The number of thioether (sulfide) groups is 1. The highest BCUT2D eigenvalue weighted by molar-refractivity contribution is 7.99. The summed E-state index contributed by atoms with van der Waals surface area (Å²) in [5.74, 6) is 1.37. The van der Waals surface area contributed by atoms with Crippen LogP contribution < -0.4 is 5.14 Å². The molecule has 2 saturated heterocycles. The minimum atomic E-state index is -3.59. The second-order valence-electron chi connectivity index (χ2n) is 4.46. The Labute approximate surface area is 99.1 Å². The maximum absolute atomic E-state index is 11.3. The van der Waals surface area contributed by atoms with Crippen LogP contribution in [0.4, 0.5) is 0 Å². The van der Waals surface area contributed by atoms with Crippen molar-refractivity contribution in [2.45, 2.75) is 25.4 Å². The molecule has 2 aliphatic rings. The van der Waals surface area contributed by atoms with Gasteiger partial charge in [0.15, 0.2) is 0 Å². The van der Waals surface area contributed by atoms with Gasteiger partial charge in [-0.1, -0.05) is 0 Å². The molecule has 2 fully saturated rings. The van der Waals surface area contributed by atoms with E-state index in [1.165, 1.54) is 0 Å². The van der Waals surface area contributed by atoms with Crippen LogP contribution >= 0.6 is 11.8 Å². The van der Waals surface area contributed by atoms with Crippen molar-refractivity contribution >= 4 is 27.8 Å². The van der Waals surface area contributed by atoms with E-state index in [0.717, 1.165) is 24.3 Å². The fraction of sp³-hybridized carbons (Fsp3) is 0.889. The zero-order valence-corrected chi connectivity index (χ0v) is 10.5. The van der Waals surface area contributed by atoms with Crippen LogP contribution in [-0.4, -0.2) is 37.7 Å². The maximum atomic E-state index is 11.3. The molecule has 2 aliphatic heterocycles. The average Bonchev–Trinajstić information content (AvgIpc) is 2.41. The minimum absolute atomic E-state index is 0.247. The predicted octanol–water partition coefficient (Wildman–Crippen LogP) is 0.104. The van der Waals surface area contributed by atoms with Crippen LogP contribution in [0, 0.1) is 5.41 Å². The predicted molar refractivity (Wildman–Crippen MR) is 61.5 cm³/mol. The molecule has 0 aromatic heterocycles. The highest BCUT2D eigenvalue weighted by Crippen LogP contribution is 2.46. The van der Waals surface area contributed by atoms with Gasteiger partial charge >= 0.3 is 5.97 Å². The van der Waals surface area contributed by atoms with Crippen LogP contribution in [0.2, 0.25) is 0 Å². The molecule has 16 heavy (non-hydrogen) atoms. The number of rotatable bonds is 2. The summed E-state index contributed by atoms with van der Waals surface area (Å²) in [5, 5.41) is 5.03. The summed E-state index contributed by atoms with van der Waals surface area (Å²) >= 11 is 1.83. The van der Waals surface area contributed by atoms with Gasteiger partial charge in [0.25, 0.3) is 0 Å². The van der Waals surface area contributed by atoms with E-state index in [4.69, 9.17) is 9.88 Å². The molecule has 0 aliphatic carbocycles. The fourth-order valence-electron chi connectivity index (χ4n) is 2.43. The zero-order valence-electron chi connectivity index (χ0n) is 8.85. The Morgan fingerprint density at radius 1 is 1.44 bits per heavy atom. The van der Waals surface area contributed by atoms with E-state index in [9.17, 15) is 13.2 Å². The molecule has 2 N–H and O–H groups in total. The Bertz CT molecular complexity index is 386. The van der Waals surface area contributed by atoms with Gasteiger partial charge in [0.05, 0.1) is 6.42 Å². The molecule has 1 atom stereocenters. The molecule has 0 radical (unpaired) electrons. The van der Waals surface area contributed by atoms with Gasteiger partial charge in [0, 0.05) is 5.41 Å². The lowest BCUT2D eigenvalue weighted by Crippen LogP contribution is -2.40. The van der Waals surface area contributed by atoms with Crippen molar-refractivity contribution in [1.82, 2.24) is 0 Å². The number of esters is 1. The Morgan fingerprint density at radius 2 is 2.06 bits per heavy atom. The van der Waals surface area contributed by atoms with E-state index in [2.05, 4.69) is 0 Å². The van der Waals surface area contributed by atoms with Gasteiger partial charge in [-0.15, -0.1) is 0 Å². The topological polar surface area (TPSA) is 86.5 Å². The molecule has 0 aromatic rings. The molecule has 7 heteroatoms. The van der Waals surface area contributed by atoms with Gasteiger partial charge in [0.2, 0.25) is 10.0 Å². The molecule has 5 nitrogen and oxygen atoms in total. The Kier molecular flexibility index (Phi) is 3.20. The van der Waals surface area contributed by atoms with E-state index in [0.29, 0.717) is 6.42 Å². The van der Waals surface area contributed by atoms with Crippen LogP contribution in [0.25, 0.3) is 0 Å². The van der Waals surface area contributed by atoms with Crippen LogP contribution in [0.1, 0.15) is 19.3 Å². The van der Waals surface area contributed by atoms with E-state index in [1.807, 2.05) is 11.8 Å². The number of ether oxygens (including phenoxy) is 1. The maximum Gasteiger partial charge on any atom is 0.306 e.